The quantitative estimate of drug-likeness (QED) is 0.811. The highest BCUT2D eigenvalue weighted by atomic mass is 16.2. The summed E-state index contributed by atoms with van der Waals surface area (Å²) in [7, 11) is 1.90. The lowest BCUT2D eigenvalue weighted by Crippen LogP contribution is -2.45. The lowest BCUT2D eigenvalue weighted by molar-refractivity contribution is -0.127. The molecule has 1 amide bonds. The van der Waals surface area contributed by atoms with Gasteiger partial charge < -0.3 is 9.80 Å². The number of amides is 1. The highest BCUT2D eigenvalue weighted by Crippen LogP contribution is 2.20. The molecule has 0 atom stereocenters. The molecular weight excluding hydrogens is 298 g/mol. The third-order valence-corrected chi connectivity index (χ3v) is 4.55. The molecular formula is C20H23N3O. The highest BCUT2D eigenvalue weighted by molar-refractivity contribution is 5.91. The Hall–Kier alpha value is -2.62. The van der Waals surface area contributed by atoms with Crippen molar-refractivity contribution < 1.29 is 4.79 Å². The maximum atomic E-state index is 12.4. The zero-order valence-corrected chi connectivity index (χ0v) is 14.0. The summed E-state index contributed by atoms with van der Waals surface area (Å²) in [5, 5.41) is 0. The van der Waals surface area contributed by atoms with Crippen LogP contribution in [0.1, 0.15) is 18.4 Å². The predicted octanol–water partition coefficient (Wildman–Crippen LogP) is 3.22. The van der Waals surface area contributed by atoms with E-state index >= 15 is 0 Å². The number of anilines is 1. The Kier molecular flexibility index (Phi) is 5.26. The van der Waals surface area contributed by atoms with Crippen LogP contribution in [-0.2, 0) is 4.79 Å². The summed E-state index contributed by atoms with van der Waals surface area (Å²) < 4.78 is 0. The van der Waals surface area contributed by atoms with Crippen molar-refractivity contribution in [1.82, 2.24) is 9.88 Å². The summed E-state index contributed by atoms with van der Waals surface area (Å²) in [4.78, 5) is 20.9. The van der Waals surface area contributed by atoms with E-state index in [1.807, 2.05) is 72.8 Å². The van der Waals surface area contributed by atoms with Gasteiger partial charge in [-0.2, -0.15) is 0 Å². The first-order chi connectivity index (χ1) is 11.7. The number of aromatic nitrogens is 1. The van der Waals surface area contributed by atoms with E-state index in [1.165, 1.54) is 0 Å². The van der Waals surface area contributed by atoms with Gasteiger partial charge in [0.1, 0.15) is 5.82 Å². The third kappa shape index (κ3) is 4.02. The van der Waals surface area contributed by atoms with Gasteiger partial charge in [0.2, 0.25) is 5.91 Å². The first-order valence-corrected chi connectivity index (χ1v) is 8.40. The summed E-state index contributed by atoms with van der Waals surface area (Å²) in [6.45, 7) is 1.86. The van der Waals surface area contributed by atoms with Gasteiger partial charge >= 0.3 is 0 Å². The Labute approximate surface area is 143 Å². The van der Waals surface area contributed by atoms with Gasteiger partial charge in [-0.1, -0.05) is 36.4 Å². The standard InChI is InChI=1S/C20H23N3O/c1-22(20(24)11-10-17-7-3-2-4-8-17)18-12-15-23(16-13-18)19-9-5-6-14-21-19/h2-11,14,18H,12-13,15-16H2,1H3/b11-10+. The summed E-state index contributed by atoms with van der Waals surface area (Å²) in [6, 6.07) is 16.2. The Morgan fingerprint density at radius 3 is 2.50 bits per heavy atom. The van der Waals surface area contributed by atoms with Crippen LogP contribution in [0.3, 0.4) is 0 Å². The van der Waals surface area contributed by atoms with Crippen LogP contribution in [0, 0.1) is 0 Å². The lowest BCUT2D eigenvalue weighted by Gasteiger charge is -2.37. The number of hydrogen-bond acceptors (Lipinski definition) is 3. The van der Waals surface area contributed by atoms with Crippen LogP contribution in [0.5, 0.6) is 0 Å². The van der Waals surface area contributed by atoms with E-state index in [9.17, 15) is 4.79 Å². The van der Waals surface area contributed by atoms with Gasteiger partial charge in [-0.05, 0) is 36.6 Å². The van der Waals surface area contributed by atoms with Gasteiger partial charge in [0.25, 0.3) is 0 Å². The Bertz CT molecular complexity index is 677. The summed E-state index contributed by atoms with van der Waals surface area (Å²) in [6.07, 6.45) is 7.31. The van der Waals surface area contributed by atoms with E-state index in [1.54, 1.807) is 6.08 Å². The molecule has 0 aliphatic carbocycles. The smallest absolute Gasteiger partial charge is 0.246 e. The molecule has 0 saturated carbocycles. The van der Waals surface area contributed by atoms with E-state index < -0.39 is 0 Å². The van der Waals surface area contributed by atoms with Crippen molar-refractivity contribution in [2.75, 3.05) is 25.0 Å². The first kappa shape index (κ1) is 16.2. The van der Waals surface area contributed by atoms with Crippen molar-refractivity contribution in [1.29, 1.82) is 0 Å². The molecule has 1 saturated heterocycles. The second kappa shape index (κ2) is 7.77. The molecule has 24 heavy (non-hydrogen) atoms. The number of pyridine rings is 1. The molecule has 1 fully saturated rings. The number of likely N-dealkylation sites (N-methyl/N-ethyl adjacent to an activating group) is 1. The molecule has 0 bridgehead atoms. The molecule has 0 N–H and O–H groups in total. The normalized spacial score (nSPS) is 15.6. The van der Waals surface area contributed by atoms with Crippen LogP contribution in [0.15, 0.2) is 60.8 Å². The summed E-state index contributed by atoms with van der Waals surface area (Å²) >= 11 is 0. The van der Waals surface area contributed by atoms with Crippen molar-refractivity contribution in [3.8, 4) is 0 Å². The molecule has 1 aliphatic heterocycles. The Morgan fingerprint density at radius 2 is 1.83 bits per heavy atom. The lowest BCUT2D eigenvalue weighted by atomic mass is 10.0. The van der Waals surface area contributed by atoms with Crippen LogP contribution in [0.25, 0.3) is 6.08 Å². The molecule has 2 aromatic rings. The van der Waals surface area contributed by atoms with Gasteiger partial charge in [-0.25, -0.2) is 4.98 Å². The van der Waals surface area contributed by atoms with Crippen molar-refractivity contribution >= 4 is 17.8 Å². The van der Waals surface area contributed by atoms with Gasteiger partial charge in [0, 0.05) is 38.5 Å². The van der Waals surface area contributed by atoms with E-state index in [2.05, 4.69) is 9.88 Å². The number of benzene rings is 1. The van der Waals surface area contributed by atoms with Crippen LogP contribution in [-0.4, -0.2) is 42.0 Å². The number of rotatable bonds is 4. The molecule has 0 spiro atoms. The average Bonchev–Trinajstić information content (AvgIpc) is 2.67. The first-order valence-electron chi connectivity index (χ1n) is 8.40. The summed E-state index contributed by atoms with van der Waals surface area (Å²) in [5.41, 5.74) is 1.05. The van der Waals surface area contributed by atoms with Gasteiger partial charge in [-0.15, -0.1) is 0 Å². The Balaban J connectivity index is 1.54. The van der Waals surface area contributed by atoms with Crippen LogP contribution in [0.2, 0.25) is 0 Å². The zero-order valence-electron chi connectivity index (χ0n) is 14.0. The molecule has 1 aromatic carbocycles. The fourth-order valence-electron chi connectivity index (χ4n) is 3.05. The van der Waals surface area contributed by atoms with Crippen molar-refractivity contribution in [3.63, 3.8) is 0 Å². The molecule has 1 aromatic heterocycles. The third-order valence-electron chi connectivity index (χ3n) is 4.55. The molecule has 4 nitrogen and oxygen atoms in total. The van der Waals surface area contributed by atoms with Crippen LogP contribution < -0.4 is 4.90 Å². The number of carbonyl (C=O) groups is 1. The highest BCUT2D eigenvalue weighted by Gasteiger charge is 2.24. The molecule has 3 rings (SSSR count). The molecule has 1 aliphatic rings. The average molecular weight is 321 g/mol. The SMILES string of the molecule is CN(C(=O)/C=C/c1ccccc1)C1CCN(c2ccccn2)CC1. The summed E-state index contributed by atoms with van der Waals surface area (Å²) in [5.74, 6) is 1.09. The van der Waals surface area contributed by atoms with Crippen LogP contribution >= 0.6 is 0 Å². The molecule has 0 unspecified atom stereocenters. The van der Waals surface area contributed by atoms with E-state index in [0.717, 1.165) is 37.3 Å². The maximum Gasteiger partial charge on any atom is 0.246 e. The van der Waals surface area contributed by atoms with Crippen LogP contribution in [0.4, 0.5) is 5.82 Å². The van der Waals surface area contributed by atoms with Gasteiger partial charge in [0.15, 0.2) is 0 Å². The van der Waals surface area contributed by atoms with E-state index in [0.29, 0.717) is 0 Å². The van der Waals surface area contributed by atoms with Gasteiger partial charge in [0.05, 0.1) is 0 Å². The predicted molar refractivity (Wildman–Crippen MR) is 97.7 cm³/mol. The fraction of sp³-hybridized carbons (Fsp3) is 0.300. The fourth-order valence-corrected chi connectivity index (χ4v) is 3.05. The molecule has 4 heteroatoms. The number of piperidine rings is 1. The number of hydrogen-bond donors (Lipinski definition) is 0. The minimum absolute atomic E-state index is 0.0649. The molecule has 0 radical (unpaired) electrons. The maximum absolute atomic E-state index is 12.4. The topological polar surface area (TPSA) is 36.4 Å². The largest absolute Gasteiger partial charge is 0.356 e. The molecule has 124 valence electrons. The number of carbonyl (C=O) groups excluding carboxylic acids is 1. The minimum atomic E-state index is 0.0649. The molecule has 2 heterocycles. The van der Waals surface area contributed by atoms with Crippen molar-refractivity contribution in [3.05, 3.63) is 66.4 Å². The van der Waals surface area contributed by atoms with E-state index in [-0.39, 0.29) is 11.9 Å². The van der Waals surface area contributed by atoms with E-state index in [4.69, 9.17) is 0 Å². The van der Waals surface area contributed by atoms with Crippen molar-refractivity contribution in [2.24, 2.45) is 0 Å². The Morgan fingerprint density at radius 1 is 1.12 bits per heavy atom. The second-order valence-corrected chi connectivity index (χ2v) is 6.10. The monoisotopic (exact) mass is 321 g/mol. The van der Waals surface area contributed by atoms with Gasteiger partial charge in [-0.3, -0.25) is 4.79 Å². The second-order valence-electron chi connectivity index (χ2n) is 6.10. The number of nitrogens with zero attached hydrogens (tertiary/aromatic N) is 3. The van der Waals surface area contributed by atoms with Crippen molar-refractivity contribution in [2.45, 2.75) is 18.9 Å². The minimum Gasteiger partial charge on any atom is -0.356 e. The zero-order chi connectivity index (χ0) is 16.8.